The zero-order valence-electron chi connectivity index (χ0n) is 16.0. The number of ether oxygens (including phenoxy) is 2. The molecule has 1 heterocycles. The van der Waals surface area contributed by atoms with Gasteiger partial charge in [0.2, 0.25) is 10.0 Å². The first-order chi connectivity index (χ1) is 14.1. The third-order valence-corrected chi connectivity index (χ3v) is 6.28. The number of hydrogen-bond donors (Lipinski definition) is 1. The fraction of sp³-hybridized carbons (Fsp3) is 0.217. The maximum atomic E-state index is 13.2. The molecule has 0 amide bonds. The lowest BCUT2D eigenvalue weighted by molar-refractivity contribution is 0.297. The summed E-state index contributed by atoms with van der Waals surface area (Å²) in [6.45, 7) is 1.06. The number of hydrogen-bond acceptors (Lipinski definition) is 4. The number of sulfonamides is 1. The van der Waals surface area contributed by atoms with Gasteiger partial charge in [0.15, 0.2) is 11.5 Å². The molecule has 3 aromatic rings. The predicted molar refractivity (Wildman–Crippen MR) is 112 cm³/mol. The largest absolute Gasteiger partial charge is 0.490 e. The minimum atomic E-state index is -3.76. The Labute approximate surface area is 171 Å². The minimum Gasteiger partial charge on any atom is -0.490 e. The SMILES string of the molecule is O=S(=O)(NC(Cc1ccccc1)c1ccccc1)c1ccc2c(c1)OCCCO2. The normalized spacial score (nSPS) is 14.8. The Morgan fingerprint density at radius 3 is 2.21 bits per heavy atom. The first kappa shape index (κ1) is 19.5. The molecule has 0 bridgehead atoms. The molecular formula is C23H23NO4S. The fourth-order valence-corrected chi connectivity index (χ4v) is 4.57. The van der Waals surface area contributed by atoms with E-state index in [9.17, 15) is 8.42 Å². The van der Waals surface area contributed by atoms with Crippen LogP contribution in [0.3, 0.4) is 0 Å². The van der Waals surface area contributed by atoms with Crippen molar-refractivity contribution in [3.8, 4) is 11.5 Å². The van der Waals surface area contributed by atoms with Gasteiger partial charge in [0, 0.05) is 12.5 Å². The lowest BCUT2D eigenvalue weighted by Gasteiger charge is -2.20. The van der Waals surface area contributed by atoms with Crippen molar-refractivity contribution in [3.05, 3.63) is 90.0 Å². The van der Waals surface area contributed by atoms with Crippen LogP contribution >= 0.6 is 0 Å². The van der Waals surface area contributed by atoms with Crippen LogP contribution in [0.15, 0.2) is 83.8 Å². The first-order valence-corrected chi connectivity index (χ1v) is 11.1. The summed E-state index contributed by atoms with van der Waals surface area (Å²) in [6.07, 6.45) is 1.32. The molecule has 6 heteroatoms. The Kier molecular flexibility index (Phi) is 5.83. The summed E-state index contributed by atoms with van der Waals surface area (Å²) >= 11 is 0. The van der Waals surface area contributed by atoms with Gasteiger partial charge in [-0.2, -0.15) is 0 Å². The average molecular weight is 410 g/mol. The molecule has 150 valence electrons. The van der Waals surface area contributed by atoms with Gasteiger partial charge in [0.1, 0.15) is 0 Å². The lowest BCUT2D eigenvalue weighted by Crippen LogP contribution is -2.30. The van der Waals surface area contributed by atoms with Gasteiger partial charge in [-0.3, -0.25) is 0 Å². The summed E-state index contributed by atoms with van der Waals surface area (Å²) < 4.78 is 40.5. The molecule has 0 spiro atoms. The van der Waals surface area contributed by atoms with E-state index in [1.165, 1.54) is 6.07 Å². The van der Waals surface area contributed by atoms with Gasteiger partial charge in [-0.15, -0.1) is 0 Å². The molecule has 0 aliphatic carbocycles. The van der Waals surface area contributed by atoms with E-state index >= 15 is 0 Å². The molecule has 0 saturated carbocycles. The van der Waals surface area contributed by atoms with Crippen molar-refractivity contribution in [1.82, 2.24) is 4.72 Å². The van der Waals surface area contributed by atoms with E-state index < -0.39 is 10.0 Å². The molecule has 0 saturated heterocycles. The van der Waals surface area contributed by atoms with Gasteiger partial charge in [0.05, 0.1) is 24.2 Å². The topological polar surface area (TPSA) is 64.6 Å². The van der Waals surface area contributed by atoms with Gasteiger partial charge >= 0.3 is 0 Å². The van der Waals surface area contributed by atoms with Crippen molar-refractivity contribution in [2.75, 3.05) is 13.2 Å². The van der Waals surface area contributed by atoms with Crippen molar-refractivity contribution in [1.29, 1.82) is 0 Å². The minimum absolute atomic E-state index is 0.163. The standard InChI is InChI=1S/C23H23NO4S/c25-29(26,20-12-13-22-23(17-20)28-15-7-14-27-22)24-21(19-10-5-2-6-11-19)16-18-8-3-1-4-9-18/h1-6,8-13,17,21,24H,7,14-16H2. The average Bonchev–Trinajstić information content (AvgIpc) is 2.99. The second kappa shape index (κ2) is 8.68. The summed E-state index contributed by atoms with van der Waals surface area (Å²) in [5.41, 5.74) is 1.97. The maximum Gasteiger partial charge on any atom is 0.241 e. The zero-order valence-corrected chi connectivity index (χ0v) is 16.8. The molecule has 4 rings (SSSR count). The Balaban J connectivity index is 1.63. The molecule has 29 heavy (non-hydrogen) atoms. The van der Waals surface area contributed by atoms with Crippen LogP contribution in [0.2, 0.25) is 0 Å². The molecule has 1 aliphatic rings. The highest BCUT2D eigenvalue weighted by Gasteiger charge is 2.24. The van der Waals surface area contributed by atoms with Crippen LogP contribution in [0.4, 0.5) is 0 Å². The van der Waals surface area contributed by atoms with Gasteiger partial charge in [0.25, 0.3) is 0 Å². The Bertz CT molecular complexity index is 1050. The summed E-state index contributed by atoms with van der Waals surface area (Å²) in [7, 11) is -3.76. The molecule has 1 aliphatic heterocycles. The third kappa shape index (κ3) is 4.78. The zero-order chi connectivity index (χ0) is 20.1. The van der Waals surface area contributed by atoms with E-state index in [0.29, 0.717) is 31.1 Å². The molecular weight excluding hydrogens is 386 g/mol. The number of benzene rings is 3. The molecule has 0 fully saturated rings. The molecule has 5 nitrogen and oxygen atoms in total. The molecule has 0 radical (unpaired) electrons. The lowest BCUT2D eigenvalue weighted by atomic mass is 10.00. The number of rotatable bonds is 6. The van der Waals surface area contributed by atoms with Crippen molar-refractivity contribution >= 4 is 10.0 Å². The quantitative estimate of drug-likeness (QED) is 0.665. The smallest absolute Gasteiger partial charge is 0.241 e. The highest BCUT2D eigenvalue weighted by atomic mass is 32.2. The van der Waals surface area contributed by atoms with Crippen molar-refractivity contribution in [3.63, 3.8) is 0 Å². The molecule has 1 atom stereocenters. The fourth-order valence-electron chi connectivity index (χ4n) is 3.33. The highest BCUT2D eigenvalue weighted by Crippen LogP contribution is 2.32. The van der Waals surface area contributed by atoms with Crippen molar-refractivity contribution < 1.29 is 17.9 Å². The van der Waals surface area contributed by atoms with E-state index in [1.807, 2.05) is 60.7 Å². The Morgan fingerprint density at radius 1 is 0.828 bits per heavy atom. The monoisotopic (exact) mass is 409 g/mol. The van der Waals surface area contributed by atoms with E-state index in [1.54, 1.807) is 12.1 Å². The van der Waals surface area contributed by atoms with E-state index in [-0.39, 0.29) is 10.9 Å². The van der Waals surface area contributed by atoms with Crippen molar-refractivity contribution in [2.45, 2.75) is 23.8 Å². The Morgan fingerprint density at radius 2 is 1.48 bits per heavy atom. The van der Waals surface area contributed by atoms with Crippen LogP contribution in [-0.4, -0.2) is 21.6 Å². The van der Waals surface area contributed by atoms with E-state index in [0.717, 1.165) is 17.5 Å². The molecule has 1 unspecified atom stereocenters. The van der Waals surface area contributed by atoms with Crippen LogP contribution in [0.1, 0.15) is 23.6 Å². The van der Waals surface area contributed by atoms with Gasteiger partial charge < -0.3 is 9.47 Å². The Hall–Kier alpha value is -2.83. The van der Waals surface area contributed by atoms with Crippen LogP contribution in [-0.2, 0) is 16.4 Å². The van der Waals surface area contributed by atoms with E-state index in [4.69, 9.17) is 9.47 Å². The summed E-state index contributed by atoms with van der Waals surface area (Å²) in [4.78, 5) is 0.163. The maximum absolute atomic E-state index is 13.2. The van der Waals surface area contributed by atoms with E-state index in [2.05, 4.69) is 4.72 Å². The van der Waals surface area contributed by atoms with Gasteiger partial charge in [-0.05, 0) is 29.7 Å². The van der Waals surface area contributed by atoms with Crippen LogP contribution < -0.4 is 14.2 Å². The molecule has 0 aromatic heterocycles. The van der Waals surface area contributed by atoms with Crippen LogP contribution in [0.5, 0.6) is 11.5 Å². The van der Waals surface area contributed by atoms with Crippen LogP contribution in [0.25, 0.3) is 0 Å². The third-order valence-electron chi connectivity index (χ3n) is 4.81. The summed E-state index contributed by atoms with van der Waals surface area (Å²) in [5.74, 6) is 1.04. The van der Waals surface area contributed by atoms with Gasteiger partial charge in [-0.1, -0.05) is 60.7 Å². The van der Waals surface area contributed by atoms with Crippen molar-refractivity contribution in [2.24, 2.45) is 0 Å². The van der Waals surface area contributed by atoms with Crippen LogP contribution in [0, 0.1) is 0 Å². The molecule has 1 N–H and O–H groups in total. The van der Waals surface area contributed by atoms with Gasteiger partial charge in [-0.25, -0.2) is 13.1 Å². The second-order valence-electron chi connectivity index (χ2n) is 6.93. The first-order valence-electron chi connectivity index (χ1n) is 9.63. The summed E-state index contributed by atoms with van der Waals surface area (Å²) in [5, 5.41) is 0. The predicted octanol–water partition coefficient (Wildman–Crippen LogP) is 4.11. The second-order valence-corrected chi connectivity index (χ2v) is 8.65. The highest BCUT2D eigenvalue weighted by molar-refractivity contribution is 7.89. The number of fused-ring (bicyclic) bond motifs is 1. The molecule has 3 aromatic carbocycles. The number of nitrogens with one attached hydrogen (secondary N) is 1. The summed E-state index contributed by atoms with van der Waals surface area (Å²) in [6, 6.07) is 23.8.